The smallest absolute Gasteiger partial charge is 0.0572 e. The minimum Gasteiger partial charge on any atom is -0.384 e. The van der Waals surface area contributed by atoms with Gasteiger partial charge in [0.25, 0.3) is 0 Å². The molecule has 4 heteroatoms. The van der Waals surface area contributed by atoms with Gasteiger partial charge >= 0.3 is 0 Å². The van der Waals surface area contributed by atoms with Crippen LogP contribution in [0.4, 0.5) is 5.69 Å². The number of ether oxygens (including phenoxy) is 1. The summed E-state index contributed by atoms with van der Waals surface area (Å²) in [6.45, 7) is 5.11. The molecule has 2 heterocycles. The Balaban J connectivity index is 2.01. The molecule has 0 aromatic carbocycles. The third kappa shape index (κ3) is 3.67. The number of nitrogens with two attached hydrogens (primary N) is 1. The van der Waals surface area contributed by atoms with Gasteiger partial charge < -0.3 is 15.4 Å². The average molecular weight is 263 g/mol. The van der Waals surface area contributed by atoms with E-state index in [1.54, 1.807) is 7.11 Å². The highest BCUT2D eigenvalue weighted by molar-refractivity contribution is 5.45. The Morgan fingerprint density at radius 3 is 3.00 bits per heavy atom. The van der Waals surface area contributed by atoms with Gasteiger partial charge in [-0.1, -0.05) is 6.92 Å². The zero-order chi connectivity index (χ0) is 13.7. The van der Waals surface area contributed by atoms with Crippen molar-refractivity contribution < 1.29 is 4.74 Å². The molecular formula is C15H25N3O. The van der Waals surface area contributed by atoms with Gasteiger partial charge in [0.2, 0.25) is 0 Å². The fourth-order valence-corrected chi connectivity index (χ4v) is 2.68. The third-order valence-electron chi connectivity index (χ3n) is 3.88. The second-order valence-electron chi connectivity index (χ2n) is 5.37. The van der Waals surface area contributed by atoms with Gasteiger partial charge in [-0.2, -0.15) is 0 Å². The first-order valence-electron chi connectivity index (χ1n) is 7.20. The van der Waals surface area contributed by atoms with Crippen molar-refractivity contribution in [2.24, 2.45) is 11.7 Å². The van der Waals surface area contributed by atoms with Crippen molar-refractivity contribution in [2.45, 2.75) is 32.2 Å². The molecule has 2 atom stereocenters. The van der Waals surface area contributed by atoms with Crippen LogP contribution in [0.15, 0.2) is 18.3 Å². The number of anilines is 1. The molecule has 0 amide bonds. The third-order valence-corrected chi connectivity index (χ3v) is 3.88. The highest BCUT2D eigenvalue weighted by Gasteiger charge is 2.20. The lowest BCUT2D eigenvalue weighted by Gasteiger charge is -2.34. The predicted molar refractivity (Wildman–Crippen MR) is 78.3 cm³/mol. The summed E-state index contributed by atoms with van der Waals surface area (Å²) >= 11 is 0. The maximum absolute atomic E-state index is 5.99. The molecule has 1 aliphatic rings. The summed E-state index contributed by atoms with van der Waals surface area (Å²) in [4.78, 5) is 6.90. The van der Waals surface area contributed by atoms with Crippen molar-refractivity contribution in [1.29, 1.82) is 0 Å². The van der Waals surface area contributed by atoms with Crippen LogP contribution >= 0.6 is 0 Å². The summed E-state index contributed by atoms with van der Waals surface area (Å²) < 4.78 is 5.27. The fraction of sp³-hybridized carbons (Fsp3) is 0.667. The fourth-order valence-electron chi connectivity index (χ4n) is 2.68. The summed E-state index contributed by atoms with van der Waals surface area (Å²) in [6, 6.07) is 4.26. The molecule has 4 nitrogen and oxygen atoms in total. The molecule has 1 aromatic heterocycles. The van der Waals surface area contributed by atoms with E-state index in [1.165, 1.54) is 18.5 Å². The van der Waals surface area contributed by atoms with Gasteiger partial charge in [0, 0.05) is 26.2 Å². The molecule has 2 rings (SSSR count). The quantitative estimate of drug-likeness (QED) is 0.886. The number of rotatable bonds is 5. The topological polar surface area (TPSA) is 51.4 Å². The summed E-state index contributed by atoms with van der Waals surface area (Å²) in [5.74, 6) is 0.635. The summed E-state index contributed by atoms with van der Waals surface area (Å²) in [5.41, 5.74) is 8.18. The highest BCUT2D eigenvalue weighted by Crippen LogP contribution is 2.23. The van der Waals surface area contributed by atoms with Crippen LogP contribution in [0.3, 0.4) is 0 Å². The SMILES string of the molecule is CCC(N)c1ccc(N2CCCC(COC)C2)cn1. The number of hydrogen-bond acceptors (Lipinski definition) is 4. The van der Waals surface area contributed by atoms with Crippen molar-refractivity contribution >= 4 is 5.69 Å². The predicted octanol–water partition coefficient (Wildman–Crippen LogP) is 2.35. The number of hydrogen-bond donors (Lipinski definition) is 1. The molecule has 0 bridgehead atoms. The van der Waals surface area contributed by atoms with E-state index in [4.69, 9.17) is 10.5 Å². The van der Waals surface area contributed by atoms with Gasteiger partial charge in [0.1, 0.15) is 0 Å². The molecular weight excluding hydrogens is 238 g/mol. The minimum absolute atomic E-state index is 0.0524. The van der Waals surface area contributed by atoms with Crippen molar-refractivity contribution in [3.8, 4) is 0 Å². The molecule has 0 radical (unpaired) electrons. The van der Waals surface area contributed by atoms with Crippen LogP contribution in [0.25, 0.3) is 0 Å². The van der Waals surface area contributed by atoms with Crippen LogP contribution in [0.1, 0.15) is 37.9 Å². The number of nitrogens with zero attached hydrogens (tertiary/aromatic N) is 2. The Kier molecular flexibility index (Phi) is 5.16. The van der Waals surface area contributed by atoms with Crippen molar-refractivity contribution in [1.82, 2.24) is 4.98 Å². The van der Waals surface area contributed by atoms with Crippen LogP contribution in [0.2, 0.25) is 0 Å². The van der Waals surface area contributed by atoms with Gasteiger partial charge in [-0.05, 0) is 37.3 Å². The van der Waals surface area contributed by atoms with Crippen LogP contribution in [-0.2, 0) is 4.74 Å². The first-order chi connectivity index (χ1) is 9.24. The number of methoxy groups -OCH3 is 1. The number of pyridine rings is 1. The first-order valence-corrected chi connectivity index (χ1v) is 7.20. The standard InChI is InChI=1S/C15H25N3O/c1-3-14(16)15-7-6-13(9-17-15)18-8-4-5-12(10-18)11-19-2/h6-7,9,12,14H,3-5,8,10-11,16H2,1-2H3. The van der Waals surface area contributed by atoms with Gasteiger partial charge in [-0.15, -0.1) is 0 Å². The second kappa shape index (κ2) is 6.87. The average Bonchev–Trinajstić information content (AvgIpc) is 2.47. The number of aromatic nitrogens is 1. The molecule has 0 spiro atoms. The van der Waals surface area contributed by atoms with E-state index in [9.17, 15) is 0 Å². The maximum Gasteiger partial charge on any atom is 0.0572 e. The Bertz CT molecular complexity index is 377. The molecule has 1 fully saturated rings. The first kappa shape index (κ1) is 14.3. The molecule has 1 aromatic rings. The molecule has 0 saturated carbocycles. The highest BCUT2D eigenvalue weighted by atomic mass is 16.5. The normalized spacial score (nSPS) is 21.4. The second-order valence-corrected chi connectivity index (χ2v) is 5.37. The zero-order valence-electron chi connectivity index (χ0n) is 12.0. The van der Waals surface area contributed by atoms with Crippen molar-refractivity contribution in [3.63, 3.8) is 0 Å². The van der Waals surface area contributed by atoms with Crippen LogP contribution in [0.5, 0.6) is 0 Å². The van der Waals surface area contributed by atoms with E-state index in [0.717, 1.165) is 31.8 Å². The maximum atomic E-state index is 5.99. The van der Waals surface area contributed by atoms with Gasteiger partial charge in [0.05, 0.1) is 24.2 Å². The molecule has 1 saturated heterocycles. The van der Waals surface area contributed by atoms with E-state index in [2.05, 4.69) is 28.9 Å². The molecule has 106 valence electrons. The summed E-state index contributed by atoms with van der Waals surface area (Å²) in [7, 11) is 1.78. The minimum atomic E-state index is 0.0524. The van der Waals surface area contributed by atoms with Crippen molar-refractivity contribution in [3.05, 3.63) is 24.0 Å². The Hall–Kier alpha value is -1.13. The van der Waals surface area contributed by atoms with E-state index in [0.29, 0.717) is 5.92 Å². The van der Waals surface area contributed by atoms with Gasteiger partial charge in [0.15, 0.2) is 0 Å². The Labute approximate surface area is 116 Å². The Morgan fingerprint density at radius 2 is 2.37 bits per heavy atom. The molecule has 1 aliphatic heterocycles. The van der Waals surface area contributed by atoms with E-state index in [-0.39, 0.29) is 6.04 Å². The summed E-state index contributed by atoms with van der Waals surface area (Å²) in [5, 5.41) is 0. The molecule has 0 aliphatic carbocycles. The largest absolute Gasteiger partial charge is 0.384 e. The van der Waals surface area contributed by atoms with Gasteiger partial charge in [-0.3, -0.25) is 4.98 Å². The lowest BCUT2D eigenvalue weighted by molar-refractivity contribution is 0.143. The molecule has 19 heavy (non-hydrogen) atoms. The van der Waals surface area contributed by atoms with Gasteiger partial charge in [-0.25, -0.2) is 0 Å². The molecule has 2 unspecified atom stereocenters. The Morgan fingerprint density at radius 1 is 1.53 bits per heavy atom. The zero-order valence-corrected chi connectivity index (χ0v) is 12.0. The number of piperidine rings is 1. The molecule has 2 N–H and O–H groups in total. The van der Waals surface area contributed by atoms with E-state index >= 15 is 0 Å². The van der Waals surface area contributed by atoms with Crippen LogP contribution in [-0.4, -0.2) is 31.8 Å². The lowest BCUT2D eigenvalue weighted by atomic mass is 9.98. The van der Waals surface area contributed by atoms with Crippen LogP contribution in [0, 0.1) is 5.92 Å². The van der Waals surface area contributed by atoms with E-state index in [1.807, 2.05) is 6.20 Å². The lowest BCUT2D eigenvalue weighted by Crippen LogP contribution is -2.37. The van der Waals surface area contributed by atoms with E-state index < -0.39 is 0 Å². The van der Waals surface area contributed by atoms with Crippen molar-refractivity contribution in [2.75, 3.05) is 31.7 Å². The monoisotopic (exact) mass is 263 g/mol. The van der Waals surface area contributed by atoms with Crippen LogP contribution < -0.4 is 10.6 Å². The summed E-state index contributed by atoms with van der Waals surface area (Å²) in [6.07, 6.45) is 5.37.